The van der Waals surface area contributed by atoms with E-state index in [9.17, 15) is 4.79 Å². The predicted octanol–water partition coefficient (Wildman–Crippen LogP) is 4.12. The van der Waals surface area contributed by atoms with Gasteiger partial charge < -0.3 is 15.4 Å². The lowest BCUT2D eigenvalue weighted by atomic mass is 10.3. The molecular weight excluding hydrogens is 521 g/mol. The molecule has 0 aromatic carbocycles. The van der Waals surface area contributed by atoms with Crippen molar-refractivity contribution in [2.45, 2.75) is 53.5 Å². The summed E-state index contributed by atoms with van der Waals surface area (Å²) in [5, 5.41) is 8.57. The number of halogens is 1. The number of guanidine groups is 1. The van der Waals surface area contributed by atoms with Crippen LogP contribution in [0, 0.1) is 6.92 Å². The average molecular weight is 552 g/mol. The Morgan fingerprint density at radius 1 is 1.31 bits per heavy atom. The molecule has 7 nitrogen and oxygen atoms in total. The van der Waals surface area contributed by atoms with Crippen molar-refractivity contribution in [3.8, 4) is 0 Å². The Labute approximate surface area is 197 Å². The van der Waals surface area contributed by atoms with Crippen LogP contribution in [0.1, 0.15) is 64.0 Å². The van der Waals surface area contributed by atoms with Crippen molar-refractivity contribution in [1.29, 1.82) is 0 Å². The Hall–Kier alpha value is -1.27. The van der Waals surface area contributed by atoms with Crippen molar-refractivity contribution >= 4 is 58.6 Å². The number of hydrogen-bond donors (Lipinski definition) is 2. The lowest BCUT2D eigenvalue weighted by molar-refractivity contribution is 0.0531. The number of ether oxygens (including phenoxy) is 1. The summed E-state index contributed by atoms with van der Waals surface area (Å²) < 4.78 is 5.10. The Morgan fingerprint density at radius 3 is 2.69 bits per heavy atom. The topological polar surface area (TPSA) is 88.5 Å². The minimum atomic E-state index is -0.313. The fraction of sp³-hybridized carbons (Fsp3) is 0.579. The molecule has 0 aliphatic carbocycles. The fourth-order valence-electron chi connectivity index (χ4n) is 2.47. The van der Waals surface area contributed by atoms with Crippen LogP contribution in [0.3, 0.4) is 0 Å². The minimum absolute atomic E-state index is 0. The first-order valence-corrected chi connectivity index (χ1v) is 11.2. The number of carbonyl (C=O) groups is 1. The minimum Gasteiger partial charge on any atom is -0.462 e. The summed E-state index contributed by atoms with van der Waals surface area (Å²) >= 11 is 3.11. The molecule has 2 rings (SSSR count). The highest BCUT2D eigenvalue weighted by Gasteiger charge is 2.20. The lowest BCUT2D eigenvalue weighted by Gasteiger charge is -2.15. The summed E-state index contributed by atoms with van der Waals surface area (Å²) in [7, 11) is 0. The van der Waals surface area contributed by atoms with Crippen LogP contribution in [0.2, 0.25) is 0 Å². The van der Waals surface area contributed by atoms with Crippen molar-refractivity contribution in [2.75, 3.05) is 19.7 Å². The second-order valence-electron chi connectivity index (χ2n) is 6.14. The van der Waals surface area contributed by atoms with Gasteiger partial charge in [0.2, 0.25) is 0 Å². The second-order valence-corrected chi connectivity index (χ2v) is 8.37. The third-order valence-corrected chi connectivity index (χ3v) is 6.41. The van der Waals surface area contributed by atoms with Crippen LogP contribution in [0.25, 0.3) is 0 Å². The van der Waals surface area contributed by atoms with Crippen LogP contribution < -0.4 is 10.6 Å². The number of aromatic nitrogens is 2. The van der Waals surface area contributed by atoms with E-state index in [4.69, 9.17) is 4.74 Å². The molecule has 0 aliphatic heterocycles. The van der Waals surface area contributed by atoms with Crippen molar-refractivity contribution in [3.63, 3.8) is 0 Å². The van der Waals surface area contributed by atoms with Crippen molar-refractivity contribution in [2.24, 2.45) is 4.99 Å². The van der Waals surface area contributed by atoms with Gasteiger partial charge in [0.1, 0.15) is 9.88 Å². The molecule has 0 saturated carbocycles. The summed E-state index contributed by atoms with van der Waals surface area (Å²) in [6, 6.07) is -0.0729. The first kappa shape index (κ1) is 25.8. The van der Waals surface area contributed by atoms with E-state index in [-0.39, 0.29) is 36.0 Å². The largest absolute Gasteiger partial charge is 0.462 e. The third-order valence-electron chi connectivity index (χ3n) is 3.89. The van der Waals surface area contributed by atoms with Gasteiger partial charge >= 0.3 is 5.97 Å². The number of nitrogens with one attached hydrogen (secondary N) is 2. The maximum Gasteiger partial charge on any atom is 0.350 e. The molecule has 0 aliphatic rings. The van der Waals surface area contributed by atoms with Crippen LogP contribution in [-0.2, 0) is 17.6 Å². The molecule has 0 bridgehead atoms. The highest BCUT2D eigenvalue weighted by atomic mass is 127. The molecule has 1 atom stereocenters. The molecule has 2 aromatic rings. The molecule has 2 heterocycles. The number of rotatable bonds is 9. The van der Waals surface area contributed by atoms with Crippen LogP contribution in [0.15, 0.2) is 11.2 Å². The Kier molecular flexibility index (Phi) is 11.7. The van der Waals surface area contributed by atoms with Crippen molar-refractivity contribution < 1.29 is 9.53 Å². The summed E-state index contributed by atoms with van der Waals surface area (Å²) in [6.07, 6.45) is 3.78. The molecule has 0 spiro atoms. The highest BCUT2D eigenvalue weighted by Crippen LogP contribution is 2.24. The quantitative estimate of drug-likeness (QED) is 0.211. The third kappa shape index (κ3) is 7.82. The molecule has 10 heteroatoms. The molecule has 162 valence electrons. The standard InChI is InChI=1S/C19H29N5O2S2.HI/c1-6-14-11-22-15(27-14)9-10-21-19(20-7-2)24-13(5)17-23-12(4)16(28-17)18(25)26-8-3;/h11,13H,6-10H2,1-5H3,(H2,20,21,24);1H. The van der Waals surface area contributed by atoms with E-state index < -0.39 is 0 Å². The first-order chi connectivity index (χ1) is 13.5. The van der Waals surface area contributed by atoms with Crippen LogP contribution >= 0.6 is 46.7 Å². The Morgan fingerprint density at radius 2 is 2.07 bits per heavy atom. The first-order valence-electron chi connectivity index (χ1n) is 9.61. The summed E-state index contributed by atoms with van der Waals surface area (Å²) in [5.74, 6) is 0.416. The van der Waals surface area contributed by atoms with Gasteiger partial charge in [-0.1, -0.05) is 6.92 Å². The molecule has 0 fully saturated rings. The summed E-state index contributed by atoms with van der Waals surface area (Å²) in [5.41, 5.74) is 0.699. The molecule has 0 saturated heterocycles. The van der Waals surface area contributed by atoms with Gasteiger partial charge in [-0.3, -0.25) is 4.99 Å². The van der Waals surface area contributed by atoms with Gasteiger partial charge in [-0.15, -0.1) is 46.7 Å². The van der Waals surface area contributed by atoms with Gasteiger partial charge in [0, 0.05) is 30.6 Å². The summed E-state index contributed by atoms with van der Waals surface area (Å²) in [4.78, 5) is 27.5. The fourth-order valence-corrected chi connectivity index (χ4v) is 4.28. The monoisotopic (exact) mass is 551 g/mol. The number of carbonyl (C=O) groups excluding carboxylic acids is 1. The number of aryl methyl sites for hydroxylation is 2. The van der Waals surface area contributed by atoms with E-state index in [2.05, 4.69) is 32.5 Å². The SMILES string of the molecule is CCNC(=NCCc1ncc(CC)s1)NC(C)c1nc(C)c(C(=O)OCC)s1.I. The van der Waals surface area contributed by atoms with E-state index in [1.165, 1.54) is 16.2 Å². The predicted molar refractivity (Wildman–Crippen MR) is 131 cm³/mol. The number of nitrogens with zero attached hydrogens (tertiary/aromatic N) is 3. The molecule has 2 N–H and O–H groups in total. The maximum absolute atomic E-state index is 12.0. The molecule has 0 radical (unpaired) electrons. The molecule has 1 unspecified atom stereocenters. The molecule has 29 heavy (non-hydrogen) atoms. The zero-order valence-electron chi connectivity index (χ0n) is 17.6. The Balaban J connectivity index is 0.00000420. The van der Waals surface area contributed by atoms with Gasteiger partial charge in [0.05, 0.1) is 23.4 Å². The van der Waals surface area contributed by atoms with Crippen LogP contribution in [-0.4, -0.2) is 41.6 Å². The van der Waals surface area contributed by atoms with E-state index >= 15 is 0 Å². The van der Waals surface area contributed by atoms with Gasteiger partial charge in [-0.05, 0) is 34.1 Å². The lowest BCUT2D eigenvalue weighted by Crippen LogP contribution is -2.38. The van der Waals surface area contributed by atoms with Crippen molar-refractivity contribution in [3.05, 3.63) is 31.7 Å². The van der Waals surface area contributed by atoms with Crippen molar-refractivity contribution in [1.82, 2.24) is 20.6 Å². The second kappa shape index (κ2) is 13.1. The number of thiazole rings is 2. The van der Waals surface area contributed by atoms with E-state index in [0.717, 1.165) is 35.4 Å². The van der Waals surface area contributed by atoms with E-state index in [0.29, 0.717) is 23.7 Å². The zero-order valence-corrected chi connectivity index (χ0v) is 21.5. The van der Waals surface area contributed by atoms with E-state index in [1.807, 2.05) is 27.0 Å². The number of esters is 1. The average Bonchev–Trinajstić information content (AvgIpc) is 3.28. The number of aliphatic imine (C=N–C) groups is 1. The molecular formula is C19H30IN5O2S2. The molecule has 0 amide bonds. The normalized spacial score (nSPS) is 12.2. The maximum atomic E-state index is 12.0. The zero-order chi connectivity index (χ0) is 20.5. The van der Waals surface area contributed by atoms with Crippen LogP contribution in [0.5, 0.6) is 0 Å². The van der Waals surface area contributed by atoms with Gasteiger partial charge in [0.25, 0.3) is 0 Å². The van der Waals surface area contributed by atoms with Gasteiger partial charge in [0.15, 0.2) is 5.96 Å². The molecule has 2 aromatic heterocycles. The van der Waals surface area contributed by atoms with Gasteiger partial charge in [-0.2, -0.15) is 0 Å². The Bertz CT molecular complexity index is 806. The van der Waals surface area contributed by atoms with E-state index in [1.54, 1.807) is 18.3 Å². The number of hydrogen-bond acceptors (Lipinski definition) is 7. The smallest absolute Gasteiger partial charge is 0.350 e. The highest BCUT2D eigenvalue weighted by molar-refractivity contribution is 14.0. The summed E-state index contributed by atoms with van der Waals surface area (Å²) in [6.45, 7) is 11.6. The van der Waals surface area contributed by atoms with Gasteiger partial charge in [-0.25, -0.2) is 14.8 Å². The van der Waals surface area contributed by atoms with Crippen LogP contribution in [0.4, 0.5) is 0 Å².